The fourth-order valence-electron chi connectivity index (χ4n) is 4.81. The maximum atomic E-state index is 13.6. The number of methoxy groups -OCH3 is 1. The van der Waals surface area contributed by atoms with Crippen LogP contribution in [0.2, 0.25) is 0 Å². The van der Waals surface area contributed by atoms with Crippen molar-refractivity contribution in [1.29, 1.82) is 0 Å². The number of amides is 1. The first-order chi connectivity index (χ1) is 14.9. The Labute approximate surface area is 180 Å². The maximum absolute atomic E-state index is 13.6. The van der Waals surface area contributed by atoms with Gasteiger partial charge >= 0.3 is 5.97 Å². The number of anilines is 1. The van der Waals surface area contributed by atoms with Gasteiger partial charge in [0.2, 0.25) is 11.8 Å². The fraction of sp³-hybridized carbons (Fsp3) is 0.292. The van der Waals surface area contributed by atoms with Gasteiger partial charge in [0.05, 0.1) is 30.5 Å². The SMILES string of the molecule is COC(=O)Cc1nn(-c2ccccc2)c2c1C1(CC(C)(C)O2)C(=O)Nc2ccccc21. The van der Waals surface area contributed by atoms with Crippen molar-refractivity contribution in [1.82, 2.24) is 9.78 Å². The molecule has 0 saturated heterocycles. The summed E-state index contributed by atoms with van der Waals surface area (Å²) in [5.74, 6) is -0.0783. The topological polar surface area (TPSA) is 82.4 Å². The molecule has 3 heterocycles. The van der Waals surface area contributed by atoms with Crippen molar-refractivity contribution < 1.29 is 19.1 Å². The van der Waals surface area contributed by atoms with E-state index in [4.69, 9.17) is 14.6 Å². The summed E-state index contributed by atoms with van der Waals surface area (Å²) < 4.78 is 13.0. The zero-order valence-corrected chi connectivity index (χ0v) is 17.6. The van der Waals surface area contributed by atoms with Gasteiger partial charge in [-0.2, -0.15) is 5.10 Å². The van der Waals surface area contributed by atoms with Gasteiger partial charge in [0.15, 0.2) is 0 Å². The Bertz CT molecular complexity index is 1200. The molecule has 3 aromatic rings. The molecule has 1 amide bonds. The largest absolute Gasteiger partial charge is 0.471 e. The fourth-order valence-corrected chi connectivity index (χ4v) is 4.81. The van der Waals surface area contributed by atoms with Crippen LogP contribution in [0.3, 0.4) is 0 Å². The summed E-state index contributed by atoms with van der Waals surface area (Å²) in [5, 5.41) is 7.79. The maximum Gasteiger partial charge on any atom is 0.311 e. The van der Waals surface area contributed by atoms with Crippen LogP contribution in [0.1, 0.15) is 37.1 Å². The van der Waals surface area contributed by atoms with E-state index in [1.165, 1.54) is 7.11 Å². The van der Waals surface area contributed by atoms with Crippen LogP contribution in [0, 0.1) is 0 Å². The van der Waals surface area contributed by atoms with Crippen molar-refractivity contribution in [2.24, 2.45) is 0 Å². The highest BCUT2D eigenvalue weighted by molar-refractivity contribution is 6.09. The molecule has 1 aromatic heterocycles. The molecule has 0 aliphatic carbocycles. The van der Waals surface area contributed by atoms with Crippen molar-refractivity contribution in [2.75, 3.05) is 12.4 Å². The molecule has 1 unspecified atom stereocenters. The second-order valence-electron chi connectivity index (χ2n) is 8.57. The standard InChI is InChI=1S/C24H23N3O4/c1-23(2)14-24(16-11-7-8-12-17(16)25-22(24)29)20-18(13-19(28)30-3)26-27(21(20)31-23)15-9-5-4-6-10-15/h4-12H,13-14H2,1-3H3,(H,25,29). The second kappa shape index (κ2) is 6.70. The van der Waals surface area contributed by atoms with Crippen LogP contribution in [0.25, 0.3) is 5.69 Å². The normalized spacial score (nSPS) is 20.5. The number of fused-ring (bicyclic) bond motifs is 4. The minimum Gasteiger partial charge on any atom is -0.471 e. The minimum atomic E-state index is -1.01. The molecule has 31 heavy (non-hydrogen) atoms. The molecule has 0 saturated carbocycles. The van der Waals surface area contributed by atoms with E-state index in [0.717, 1.165) is 16.9 Å². The van der Waals surface area contributed by atoms with Crippen LogP contribution in [0.5, 0.6) is 5.88 Å². The predicted molar refractivity (Wildman–Crippen MR) is 114 cm³/mol. The molecule has 2 aliphatic heterocycles. The number of benzene rings is 2. The second-order valence-corrected chi connectivity index (χ2v) is 8.57. The summed E-state index contributed by atoms with van der Waals surface area (Å²) in [6, 6.07) is 17.2. The molecule has 1 atom stereocenters. The van der Waals surface area contributed by atoms with Crippen LogP contribution in [0.4, 0.5) is 5.69 Å². The van der Waals surface area contributed by atoms with Gasteiger partial charge < -0.3 is 14.8 Å². The highest BCUT2D eigenvalue weighted by Gasteiger charge is 2.58. The third-order valence-corrected chi connectivity index (χ3v) is 5.97. The molecule has 2 aliphatic rings. The highest BCUT2D eigenvalue weighted by atomic mass is 16.5. The first-order valence-corrected chi connectivity index (χ1v) is 10.2. The van der Waals surface area contributed by atoms with Gasteiger partial charge in [0, 0.05) is 12.1 Å². The predicted octanol–water partition coefficient (Wildman–Crippen LogP) is 3.39. The minimum absolute atomic E-state index is 0.0559. The number of esters is 1. The van der Waals surface area contributed by atoms with Crippen molar-refractivity contribution in [3.63, 3.8) is 0 Å². The van der Waals surface area contributed by atoms with Crippen LogP contribution >= 0.6 is 0 Å². The van der Waals surface area contributed by atoms with Gasteiger partial charge in [-0.3, -0.25) is 9.59 Å². The Morgan fingerprint density at radius 2 is 1.87 bits per heavy atom. The van der Waals surface area contributed by atoms with E-state index in [1.54, 1.807) is 4.68 Å². The number of nitrogens with one attached hydrogen (secondary N) is 1. The number of hydrogen-bond acceptors (Lipinski definition) is 5. The first kappa shape index (κ1) is 19.4. The van der Waals surface area contributed by atoms with Crippen molar-refractivity contribution in [3.05, 3.63) is 71.4 Å². The van der Waals surface area contributed by atoms with Crippen LogP contribution in [-0.2, 0) is 26.2 Å². The number of carbonyl (C=O) groups is 2. The summed E-state index contributed by atoms with van der Waals surface area (Å²) in [5.41, 5.74) is 1.89. The molecular weight excluding hydrogens is 394 g/mol. The van der Waals surface area contributed by atoms with Gasteiger partial charge in [-0.05, 0) is 37.6 Å². The van der Waals surface area contributed by atoms with Gasteiger partial charge in [-0.25, -0.2) is 4.68 Å². The smallest absolute Gasteiger partial charge is 0.311 e. The Morgan fingerprint density at radius 1 is 1.16 bits per heavy atom. The lowest BCUT2D eigenvalue weighted by Gasteiger charge is -2.41. The molecular formula is C24H23N3O4. The quantitative estimate of drug-likeness (QED) is 0.661. The summed E-state index contributed by atoms with van der Waals surface area (Å²) in [7, 11) is 1.34. The molecule has 7 heteroatoms. The van der Waals surface area contributed by atoms with E-state index < -0.39 is 17.0 Å². The van der Waals surface area contributed by atoms with Crippen molar-refractivity contribution >= 4 is 17.6 Å². The molecule has 5 rings (SSSR count). The first-order valence-electron chi connectivity index (χ1n) is 10.2. The van der Waals surface area contributed by atoms with Gasteiger partial charge in [0.1, 0.15) is 11.0 Å². The van der Waals surface area contributed by atoms with Gasteiger partial charge in [0.25, 0.3) is 0 Å². The van der Waals surface area contributed by atoms with Crippen LogP contribution in [0.15, 0.2) is 54.6 Å². The molecule has 0 bridgehead atoms. The number of rotatable bonds is 3. The van der Waals surface area contributed by atoms with Gasteiger partial charge in [-0.1, -0.05) is 36.4 Å². The average molecular weight is 417 g/mol. The third-order valence-electron chi connectivity index (χ3n) is 5.97. The van der Waals surface area contributed by atoms with E-state index in [0.29, 0.717) is 23.6 Å². The zero-order chi connectivity index (χ0) is 21.8. The lowest BCUT2D eigenvalue weighted by molar-refractivity contribution is -0.140. The summed E-state index contributed by atoms with van der Waals surface area (Å²) >= 11 is 0. The Balaban J connectivity index is 1.84. The molecule has 158 valence electrons. The molecule has 0 fully saturated rings. The molecule has 7 nitrogen and oxygen atoms in total. The number of aromatic nitrogens is 2. The van der Waals surface area contributed by atoms with Crippen molar-refractivity contribution in [2.45, 2.75) is 37.7 Å². The lowest BCUT2D eigenvalue weighted by atomic mass is 9.67. The summed E-state index contributed by atoms with van der Waals surface area (Å²) in [4.78, 5) is 25.8. The Kier molecular flexibility index (Phi) is 4.18. The van der Waals surface area contributed by atoms with Gasteiger partial charge in [-0.15, -0.1) is 0 Å². The van der Waals surface area contributed by atoms with Crippen LogP contribution < -0.4 is 10.1 Å². The number of ether oxygens (including phenoxy) is 2. The Hall–Kier alpha value is -3.61. The number of carbonyl (C=O) groups excluding carboxylic acids is 2. The number of hydrogen-bond donors (Lipinski definition) is 1. The zero-order valence-electron chi connectivity index (χ0n) is 17.6. The molecule has 1 N–H and O–H groups in total. The molecule has 0 radical (unpaired) electrons. The molecule has 1 spiro atoms. The van der Waals surface area contributed by atoms with Crippen molar-refractivity contribution in [3.8, 4) is 11.6 Å². The van der Waals surface area contributed by atoms with E-state index in [9.17, 15) is 9.59 Å². The number of nitrogens with zero attached hydrogens (tertiary/aromatic N) is 2. The lowest BCUT2D eigenvalue weighted by Crippen LogP contribution is -2.49. The summed E-state index contributed by atoms with van der Waals surface area (Å²) in [6.45, 7) is 3.93. The monoisotopic (exact) mass is 417 g/mol. The van der Waals surface area contributed by atoms with Crippen LogP contribution in [-0.4, -0.2) is 34.4 Å². The number of para-hydroxylation sites is 2. The Morgan fingerprint density at radius 3 is 2.61 bits per heavy atom. The van der Waals surface area contributed by atoms with E-state index in [-0.39, 0.29) is 12.3 Å². The van der Waals surface area contributed by atoms with E-state index >= 15 is 0 Å². The molecule has 2 aromatic carbocycles. The average Bonchev–Trinajstić information content (AvgIpc) is 3.23. The highest BCUT2D eigenvalue weighted by Crippen LogP contribution is 2.55. The third kappa shape index (κ3) is 2.84. The summed E-state index contributed by atoms with van der Waals surface area (Å²) in [6.07, 6.45) is 0.365. The van der Waals surface area contributed by atoms with E-state index in [2.05, 4.69) is 5.32 Å². The van der Waals surface area contributed by atoms with E-state index in [1.807, 2.05) is 68.4 Å².